The molecule has 1 amide bonds. The van der Waals surface area contributed by atoms with E-state index in [0.717, 1.165) is 66.6 Å². The largest absolute Gasteiger partial charge is 0.349 e. The smallest absolute Gasteiger partial charge is 0.265 e. The number of thiazole rings is 1. The molecule has 4 aromatic rings. The average molecular weight is 546 g/mol. The van der Waals surface area contributed by atoms with Crippen molar-refractivity contribution >= 4 is 28.8 Å². The number of hydrogen-bond acceptors (Lipinski definition) is 4. The maximum atomic E-state index is 14.2. The van der Waals surface area contributed by atoms with Crippen LogP contribution in [0.15, 0.2) is 58.7 Å². The molecule has 0 spiro atoms. The molecule has 0 bridgehead atoms. The number of halogens is 1. The predicted octanol–water partition coefficient (Wildman–Crippen LogP) is 7.39. The summed E-state index contributed by atoms with van der Waals surface area (Å²) in [6.45, 7) is 6.06. The summed E-state index contributed by atoms with van der Waals surface area (Å²) in [6.07, 6.45) is 5.80. The minimum absolute atomic E-state index is 0.133. The molecule has 5 rings (SSSR count). The summed E-state index contributed by atoms with van der Waals surface area (Å²) < 4.78 is 1.75. The molecule has 196 valence electrons. The Morgan fingerprint density at radius 3 is 2.37 bits per heavy atom. The molecule has 1 saturated carbocycles. The Kier molecular flexibility index (Phi) is 7.82. The van der Waals surface area contributed by atoms with E-state index < -0.39 is 0 Å². The van der Waals surface area contributed by atoms with E-state index in [4.69, 9.17) is 16.6 Å². The lowest BCUT2D eigenvalue weighted by Gasteiger charge is -2.21. The average Bonchev–Trinajstić information content (AvgIpc) is 3.62. The van der Waals surface area contributed by atoms with Crippen LogP contribution in [0.3, 0.4) is 0 Å². The highest BCUT2D eigenvalue weighted by Gasteiger charge is 2.25. The van der Waals surface area contributed by atoms with Crippen molar-refractivity contribution in [2.24, 2.45) is 0 Å². The van der Waals surface area contributed by atoms with Crippen LogP contribution in [-0.4, -0.2) is 21.5 Å². The fraction of sp³-hybridized carbons (Fsp3) is 0.323. The molecular formula is C31H32ClN3O2S. The Balaban J connectivity index is 1.71. The monoisotopic (exact) mass is 545 g/mol. The first-order valence-electron chi connectivity index (χ1n) is 13.3. The van der Waals surface area contributed by atoms with E-state index in [1.54, 1.807) is 10.6 Å². The number of aromatic nitrogens is 2. The van der Waals surface area contributed by atoms with Crippen LogP contribution in [0.1, 0.15) is 66.7 Å². The summed E-state index contributed by atoms with van der Waals surface area (Å²) in [6, 6.07) is 15.6. The van der Waals surface area contributed by atoms with Gasteiger partial charge in [-0.05, 0) is 61.9 Å². The van der Waals surface area contributed by atoms with Gasteiger partial charge in [-0.1, -0.05) is 68.6 Å². The number of hydrogen-bond donors (Lipinski definition) is 1. The molecule has 0 radical (unpaired) electrons. The standard InChI is InChI=1S/C31H32ClN3O2S/c1-4-20-9-8-10-21(5-2)28(20)35-19(3)25(29(36)33-24-11-6-7-12-24)17-26(31(35)37)30-34-27(18-38-30)22-13-15-23(32)16-14-22/h8-10,13-18,24H,4-7,11-12H2,1-3H3,(H,33,36). The summed E-state index contributed by atoms with van der Waals surface area (Å²) in [5.41, 5.74) is 6.18. The molecule has 7 heteroatoms. The van der Waals surface area contributed by atoms with Crippen molar-refractivity contribution in [1.82, 2.24) is 14.9 Å². The van der Waals surface area contributed by atoms with Gasteiger partial charge >= 0.3 is 0 Å². The van der Waals surface area contributed by atoms with Crippen molar-refractivity contribution in [2.75, 3.05) is 0 Å². The number of nitrogens with zero attached hydrogens (tertiary/aromatic N) is 2. The maximum absolute atomic E-state index is 14.2. The third-order valence-corrected chi connectivity index (χ3v) is 8.57. The molecule has 1 aliphatic rings. The van der Waals surface area contributed by atoms with E-state index in [-0.39, 0.29) is 17.5 Å². The maximum Gasteiger partial charge on any atom is 0.265 e. The lowest BCUT2D eigenvalue weighted by molar-refractivity contribution is 0.0936. The van der Waals surface area contributed by atoms with Gasteiger partial charge in [-0.2, -0.15) is 0 Å². The Bertz CT molecular complexity index is 1510. The lowest BCUT2D eigenvalue weighted by atomic mass is 10.0. The van der Waals surface area contributed by atoms with Crippen molar-refractivity contribution in [3.63, 3.8) is 0 Å². The summed E-state index contributed by atoms with van der Waals surface area (Å²) >= 11 is 7.48. The van der Waals surface area contributed by atoms with E-state index in [1.807, 2.05) is 42.6 Å². The van der Waals surface area contributed by atoms with Gasteiger partial charge in [0.2, 0.25) is 0 Å². The summed E-state index contributed by atoms with van der Waals surface area (Å²) in [7, 11) is 0. The van der Waals surface area contributed by atoms with Gasteiger partial charge in [-0.3, -0.25) is 14.2 Å². The molecule has 2 aromatic heterocycles. The predicted molar refractivity (Wildman–Crippen MR) is 157 cm³/mol. The Hall–Kier alpha value is -3.22. The van der Waals surface area contributed by atoms with E-state index in [1.165, 1.54) is 11.3 Å². The molecule has 1 N–H and O–H groups in total. The van der Waals surface area contributed by atoms with Gasteiger partial charge in [0, 0.05) is 27.7 Å². The van der Waals surface area contributed by atoms with Crippen molar-refractivity contribution in [3.05, 3.63) is 91.7 Å². The van der Waals surface area contributed by atoms with E-state index in [2.05, 4.69) is 31.3 Å². The summed E-state index contributed by atoms with van der Waals surface area (Å²) in [5, 5.41) is 6.42. The number of aryl methyl sites for hydroxylation is 2. The van der Waals surface area contributed by atoms with Gasteiger partial charge in [0.05, 0.1) is 22.5 Å². The van der Waals surface area contributed by atoms with Gasteiger partial charge in [0.15, 0.2) is 0 Å². The topological polar surface area (TPSA) is 64.0 Å². The second-order valence-electron chi connectivity index (χ2n) is 9.83. The molecule has 1 fully saturated rings. The van der Waals surface area contributed by atoms with Gasteiger partial charge < -0.3 is 5.32 Å². The molecular weight excluding hydrogens is 514 g/mol. The number of carbonyl (C=O) groups is 1. The van der Waals surface area contributed by atoms with Crippen LogP contribution >= 0.6 is 22.9 Å². The number of rotatable bonds is 7. The highest BCUT2D eigenvalue weighted by molar-refractivity contribution is 7.13. The van der Waals surface area contributed by atoms with Crippen LogP contribution in [0.2, 0.25) is 5.02 Å². The zero-order valence-electron chi connectivity index (χ0n) is 22.0. The number of para-hydroxylation sites is 1. The van der Waals surface area contributed by atoms with Crippen LogP contribution in [-0.2, 0) is 12.8 Å². The van der Waals surface area contributed by atoms with Gasteiger partial charge in [0.1, 0.15) is 5.01 Å². The van der Waals surface area contributed by atoms with E-state index >= 15 is 0 Å². The molecule has 0 atom stereocenters. The molecule has 0 unspecified atom stereocenters. The minimum atomic E-state index is -0.160. The Morgan fingerprint density at radius 2 is 1.74 bits per heavy atom. The zero-order chi connectivity index (χ0) is 26.8. The fourth-order valence-corrected chi connectivity index (χ4v) is 6.30. The molecule has 0 saturated heterocycles. The summed E-state index contributed by atoms with van der Waals surface area (Å²) in [5.74, 6) is -0.133. The Morgan fingerprint density at radius 1 is 1.08 bits per heavy atom. The first kappa shape index (κ1) is 26.4. The number of pyridine rings is 1. The first-order chi connectivity index (χ1) is 18.4. The number of nitrogens with one attached hydrogen (secondary N) is 1. The van der Waals surface area contributed by atoms with Crippen LogP contribution in [0.5, 0.6) is 0 Å². The number of benzene rings is 2. The minimum Gasteiger partial charge on any atom is -0.349 e. The van der Waals surface area contributed by atoms with Gasteiger partial charge in [-0.15, -0.1) is 11.3 Å². The van der Waals surface area contributed by atoms with Crippen LogP contribution in [0.4, 0.5) is 0 Å². The third-order valence-electron chi connectivity index (χ3n) is 7.45. The van der Waals surface area contributed by atoms with Crippen molar-refractivity contribution in [2.45, 2.75) is 65.3 Å². The number of amides is 1. The van der Waals surface area contributed by atoms with Crippen molar-refractivity contribution in [3.8, 4) is 27.5 Å². The van der Waals surface area contributed by atoms with Crippen molar-refractivity contribution in [1.29, 1.82) is 0 Å². The quantitative estimate of drug-likeness (QED) is 0.263. The molecule has 2 heterocycles. The molecule has 2 aromatic carbocycles. The molecule has 0 aliphatic heterocycles. The van der Waals surface area contributed by atoms with Crippen molar-refractivity contribution < 1.29 is 4.79 Å². The normalized spacial score (nSPS) is 13.7. The molecule has 1 aliphatic carbocycles. The highest BCUT2D eigenvalue weighted by atomic mass is 35.5. The highest BCUT2D eigenvalue weighted by Crippen LogP contribution is 2.31. The number of carbonyl (C=O) groups excluding carboxylic acids is 1. The zero-order valence-corrected chi connectivity index (χ0v) is 23.6. The van der Waals surface area contributed by atoms with Gasteiger partial charge in [-0.25, -0.2) is 4.98 Å². The Labute approximate surface area is 232 Å². The second-order valence-corrected chi connectivity index (χ2v) is 11.1. The van der Waals surface area contributed by atoms with Crippen LogP contribution in [0, 0.1) is 6.92 Å². The van der Waals surface area contributed by atoms with E-state index in [0.29, 0.717) is 26.9 Å². The molecule has 5 nitrogen and oxygen atoms in total. The second kappa shape index (κ2) is 11.3. The fourth-order valence-electron chi connectivity index (χ4n) is 5.34. The van der Waals surface area contributed by atoms with E-state index in [9.17, 15) is 9.59 Å². The van der Waals surface area contributed by atoms with Crippen LogP contribution < -0.4 is 10.9 Å². The molecule has 38 heavy (non-hydrogen) atoms. The van der Waals surface area contributed by atoms with Gasteiger partial charge in [0.25, 0.3) is 11.5 Å². The van der Waals surface area contributed by atoms with Crippen LogP contribution in [0.25, 0.3) is 27.5 Å². The SMILES string of the molecule is CCc1cccc(CC)c1-n1c(C)c(C(=O)NC2CCCC2)cc(-c2nc(-c3ccc(Cl)cc3)cs2)c1=O. The summed E-state index contributed by atoms with van der Waals surface area (Å²) in [4.78, 5) is 32.7. The third kappa shape index (κ3) is 5.07. The lowest BCUT2D eigenvalue weighted by Crippen LogP contribution is -2.35. The first-order valence-corrected chi connectivity index (χ1v) is 14.6.